The van der Waals surface area contributed by atoms with Crippen LogP contribution in [0, 0.1) is 0 Å². The molecule has 32 heavy (non-hydrogen) atoms. The minimum absolute atomic E-state index is 0.234. The second-order valence-corrected chi connectivity index (χ2v) is 7.11. The van der Waals surface area contributed by atoms with Crippen LogP contribution in [0.2, 0.25) is 0 Å². The summed E-state index contributed by atoms with van der Waals surface area (Å²) in [7, 11) is 1.58. The van der Waals surface area contributed by atoms with Crippen LogP contribution in [-0.2, 0) is 20.7 Å². The third-order valence-corrected chi connectivity index (χ3v) is 4.76. The number of nitrogens with zero attached hydrogens (tertiary/aromatic N) is 1. The van der Waals surface area contributed by atoms with Gasteiger partial charge in [-0.2, -0.15) is 0 Å². The molecule has 0 unspecified atom stereocenters. The summed E-state index contributed by atoms with van der Waals surface area (Å²) in [5.74, 6) is 0.490. The zero-order valence-corrected chi connectivity index (χ0v) is 18.1. The molecule has 0 aliphatic rings. The summed E-state index contributed by atoms with van der Waals surface area (Å²) in [5.41, 5.74) is 2.30. The van der Waals surface area contributed by atoms with Crippen molar-refractivity contribution in [2.45, 2.75) is 32.2 Å². The molecule has 2 aromatic carbocycles. The van der Waals surface area contributed by atoms with E-state index in [9.17, 15) is 14.7 Å². The van der Waals surface area contributed by atoms with Crippen molar-refractivity contribution < 1.29 is 28.9 Å². The van der Waals surface area contributed by atoms with Crippen LogP contribution in [0.5, 0.6) is 11.5 Å². The molecule has 3 aromatic rings. The average Bonchev–Trinajstić information content (AvgIpc) is 3.19. The number of H-pyrrole nitrogens is 1. The molecule has 9 heteroatoms. The molecule has 0 spiro atoms. The van der Waals surface area contributed by atoms with E-state index in [1.807, 2.05) is 18.2 Å². The van der Waals surface area contributed by atoms with E-state index in [-0.39, 0.29) is 12.4 Å². The Kier molecular flexibility index (Phi) is 7.91. The van der Waals surface area contributed by atoms with Crippen LogP contribution in [-0.4, -0.2) is 53.4 Å². The standard InChI is InChI=1S/C23H27N3O6/c1-3-31-21(27)5-4-12-32-16-8-6-15(7-9-16)13-20(22(28)29)26-23-24-18-11-10-17(30-2)14-19(18)25-23/h6-11,14,20H,3-5,12-13H2,1-2H3,(H,28,29)(H2,24,25,26)/t20-/m0/s1. The molecule has 0 aliphatic carbocycles. The molecule has 0 fully saturated rings. The summed E-state index contributed by atoms with van der Waals surface area (Å²) in [6.07, 6.45) is 1.14. The van der Waals surface area contributed by atoms with E-state index in [4.69, 9.17) is 14.2 Å². The molecule has 1 atom stereocenters. The first-order valence-corrected chi connectivity index (χ1v) is 10.4. The van der Waals surface area contributed by atoms with Crippen LogP contribution in [0.4, 0.5) is 5.95 Å². The van der Waals surface area contributed by atoms with E-state index in [1.54, 1.807) is 38.3 Å². The highest BCUT2D eigenvalue weighted by Crippen LogP contribution is 2.21. The summed E-state index contributed by atoms with van der Waals surface area (Å²) >= 11 is 0. The topological polar surface area (TPSA) is 123 Å². The highest BCUT2D eigenvalue weighted by atomic mass is 16.5. The number of esters is 1. The van der Waals surface area contributed by atoms with E-state index >= 15 is 0 Å². The zero-order valence-electron chi connectivity index (χ0n) is 18.1. The molecule has 0 radical (unpaired) electrons. The maximum absolute atomic E-state index is 11.8. The van der Waals surface area contributed by atoms with Gasteiger partial charge in [-0.15, -0.1) is 0 Å². The quantitative estimate of drug-likeness (QED) is 0.289. The molecule has 0 amide bonds. The maximum atomic E-state index is 11.8. The van der Waals surface area contributed by atoms with Crippen molar-refractivity contribution in [3.05, 3.63) is 48.0 Å². The highest BCUT2D eigenvalue weighted by molar-refractivity contribution is 5.81. The summed E-state index contributed by atoms with van der Waals surface area (Å²) in [4.78, 5) is 30.6. The molecule has 0 aliphatic heterocycles. The van der Waals surface area contributed by atoms with Crippen LogP contribution < -0.4 is 14.8 Å². The fraction of sp³-hybridized carbons (Fsp3) is 0.348. The average molecular weight is 441 g/mol. The van der Waals surface area contributed by atoms with E-state index < -0.39 is 12.0 Å². The number of aliphatic carboxylic acids is 1. The number of benzene rings is 2. The van der Waals surface area contributed by atoms with Gasteiger partial charge in [0.1, 0.15) is 17.5 Å². The van der Waals surface area contributed by atoms with E-state index in [1.165, 1.54) is 0 Å². The molecular formula is C23H27N3O6. The summed E-state index contributed by atoms with van der Waals surface area (Å²) in [5, 5.41) is 12.6. The van der Waals surface area contributed by atoms with Gasteiger partial charge in [0.05, 0.1) is 31.4 Å². The molecule has 1 aromatic heterocycles. The Labute approximate surface area is 185 Å². The van der Waals surface area contributed by atoms with Gasteiger partial charge in [0, 0.05) is 18.9 Å². The normalized spacial score (nSPS) is 11.7. The van der Waals surface area contributed by atoms with Crippen molar-refractivity contribution in [2.24, 2.45) is 0 Å². The number of nitrogens with one attached hydrogen (secondary N) is 2. The fourth-order valence-corrected chi connectivity index (χ4v) is 3.14. The van der Waals surface area contributed by atoms with Gasteiger partial charge in [-0.05, 0) is 43.2 Å². The maximum Gasteiger partial charge on any atom is 0.326 e. The molecule has 0 saturated heterocycles. The van der Waals surface area contributed by atoms with Crippen LogP contribution in [0.3, 0.4) is 0 Å². The second-order valence-electron chi connectivity index (χ2n) is 7.11. The first-order chi connectivity index (χ1) is 15.5. The van der Waals surface area contributed by atoms with Crippen molar-refractivity contribution >= 4 is 28.9 Å². The first kappa shape index (κ1) is 22.9. The van der Waals surface area contributed by atoms with E-state index in [0.29, 0.717) is 49.0 Å². The number of rotatable bonds is 12. The Hall–Kier alpha value is -3.75. The minimum Gasteiger partial charge on any atom is -0.497 e. The van der Waals surface area contributed by atoms with Crippen LogP contribution in [0.1, 0.15) is 25.3 Å². The molecule has 0 bridgehead atoms. The summed E-state index contributed by atoms with van der Waals surface area (Å²) in [6.45, 7) is 2.54. The van der Waals surface area contributed by atoms with Gasteiger partial charge in [-0.1, -0.05) is 12.1 Å². The van der Waals surface area contributed by atoms with Gasteiger partial charge >= 0.3 is 11.9 Å². The summed E-state index contributed by atoms with van der Waals surface area (Å²) < 4.78 is 15.7. The van der Waals surface area contributed by atoms with Gasteiger partial charge in [0.15, 0.2) is 0 Å². The number of ether oxygens (including phenoxy) is 3. The predicted octanol–water partition coefficient (Wildman–Crippen LogP) is 3.40. The largest absolute Gasteiger partial charge is 0.497 e. The van der Waals surface area contributed by atoms with Crippen LogP contribution in [0.15, 0.2) is 42.5 Å². The number of anilines is 1. The second kappa shape index (κ2) is 11.0. The SMILES string of the molecule is CCOC(=O)CCCOc1ccc(C[C@H](Nc2nc3cc(OC)ccc3[nH]2)C(=O)O)cc1. The van der Waals surface area contributed by atoms with E-state index in [2.05, 4.69) is 15.3 Å². The van der Waals surface area contributed by atoms with E-state index in [0.717, 1.165) is 11.1 Å². The smallest absolute Gasteiger partial charge is 0.326 e. The summed E-state index contributed by atoms with van der Waals surface area (Å²) in [6, 6.07) is 11.8. The number of fused-ring (bicyclic) bond motifs is 1. The van der Waals surface area contributed by atoms with Crippen molar-refractivity contribution in [1.29, 1.82) is 0 Å². The van der Waals surface area contributed by atoms with Gasteiger partial charge in [-0.25, -0.2) is 9.78 Å². The number of carbonyl (C=O) groups excluding carboxylic acids is 1. The highest BCUT2D eigenvalue weighted by Gasteiger charge is 2.19. The number of aromatic amines is 1. The Morgan fingerprint density at radius 3 is 2.59 bits per heavy atom. The Bertz CT molecular complexity index is 1050. The fourth-order valence-electron chi connectivity index (χ4n) is 3.14. The Morgan fingerprint density at radius 2 is 1.91 bits per heavy atom. The van der Waals surface area contributed by atoms with Gasteiger partial charge in [0.25, 0.3) is 0 Å². The van der Waals surface area contributed by atoms with Gasteiger partial charge < -0.3 is 29.6 Å². The molecule has 3 N–H and O–H groups in total. The molecule has 1 heterocycles. The van der Waals surface area contributed by atoms with Crippen LogP contribution >= 0.6 is 0 Å². The monoisotopic (exact) mass is 441 g/mol. The minimum atomic E-state index is -0.984. The molecule has 9 nitrogen and oxygen atoms in total. The van der Waals surface area contributed by atoms with Crippen molar-refractivity contribution in [2.75, 3.05) is 25.6 Å². The van der Waals surface area contributed by atoms with Crippen molar-refractivity contribution in [1.82, 2.24) is 9.97 Å². The molecule has 170 valence electrons. The third-order valence-electron chi connectivity index (χ3n) is 4.76. The van der Waals surface area contributed by atoms with Crippen molar-refractivity contribution in [3.8, 4) is 11.5 Å². The number of hydrogen-bond donors (Lipinski definition) is 3. The first-order valence-electron chi connectivity index (χ1n) is 10.4. The third kappa shape index (κ3) is 6.37. The number of aromatic nitrogens is 2. The van der Waals surface area contributed by atoms with Crippen molar-refractivity contribution in [3.63, 3.8) is 0 Å². The molecule has 3 rings (SSSR count). The molecular weight excluding hydrogens is 414 g/mol. The number of carboxylic acid groups (broad SMARTS) is 1. The Balaban J connectivity index is 1.55. The Morgan fingerprint density at radius 1 is 1.16 bits per heavy atom. The lowest BCUT2D eigenvalue weighted by atomic mass is 10.1. The van der Waals surface area contributed by atoms with Crippen LogP contribution in [0.25, 0.3) is 11.0 Å². The van der Waals surface area contributed by atoms with Gasteiger partial charge in [0.2, 0.25) is 5.95 Å². The zero-order chi connectivity index (χ0) is 22.9. The number of carboxylic acids is 1. The number of methoxy groups -OCH3 is 1. The van der Waals surface area contributed by atoms with Gasteiger partial charge in [-0.3, -0.25) is 4.79 Å². The molecule has 0 saturated carbocycles. The predicted molar refractivity (Wildman–Crippen MR) is 119 cm³/mol. The lowest BCUT2D eigenvalue weighted by Crippen LogP contribution is -2.31. The number of hydrogen-bond acceptors (Lipinski definition) is 7. The lowest BCUT2D eigenvalue weighted by molar-refractivity contribution is -0.143. The number of imidazole rings is 1. The lowest BCUT2D eigenvalue weighted by Gasteiger charge is -2.14. The number of carbonyl (C=O) groups is 2.